The Labute approximate surface area is 312 Å². The normalized spacial score (nSPS) is 10.9. The van der Waals surface area contributed by atoms with Crippen LogP contribution in [-0.2, 0) is 5.41 Å². The molecule has 0 bridgehead atoms. The molecule has 4 aromatic carbocycles. The molecule has 258 valence electrons. The van der Waals surface area contributed by atoms with E-state index in [4.69, 9.17) is 4.74 Å². The van der Waals surface area contributed by atoms with Crippen molar-refractivity contribution in [3.8, 4) is 5.75 Å². The number of aryl methyl sites for hydroxylation is 3. The summed E-state index contributed by atoms with van der Waals surface area (Å²) in [5.41, 5.74) is 10.1. The first-order valence-corrected chi connectivity index (χ1v) is 18.6. The number of anilines is 2. The van der Waals surface area contributed by atoms with Crippen molar-refractivity contribution in [3.63, 3.8) is 0 Å². The maximum absolute atomic E-state index is 6.07. The van der Waals surface area contributed by atoms with Crippen molar-refractivity contribution in [2.75, 3.05) is 45.1 Å². The Morgan fingerprint density at radius 3 is 1.50 bits per heavy atom. The summed E-state index contributed by atoms with van der Waals surface area (Å²) in [6.45, 7) is 26.1. The fourth-order valence-electron chi connectivity index (χ4n) is 6.27. The SMILES string of the molecule is CC[Si](CC)(c1cc(C)cc(C(C)(C)C)c1OC)[c-]1cc(C)cc1C.[CH2-]c1ccccc1N(C)C.[CH2-]c1ccccc1N(C)C.[Lu+3]. The van der Waals surface area contributed by atoms with Crippen molar-refractivity contribution in [1.82, 2.24) is 0 Å². The van der Waals surface area contributed by atoms with E-state index in [1.54, 1.807) is 5.19 Å². The van der Waals surface area contributed by atoms with E-state index in [-0.39, 0.29) is 42.3 Å². The molecule has 4 rings (SSSR count). The van der Waals surface area contributed by atoms with Crippen LogP contribution >= 0.6 is 0 Å². The largest absolute Gasteiger partial charge is 3.00 e. The van der Waals surface area contributed by atoms with Crippen LogP contribution in [-0.4, -0.2) is 43.4 Å². The van der Waals surface area contributed by atoms with Gasteiger partial charge in [0.1, 0.15) is 5.75 Å². The summed E-state index contributed by atoms with van der Waals surface area (Å²) in [6, 6.07) is 28.1. The van der Waals surface area contributed by atoms with Crippen molar-refractivity contribution < 1.29 is 41.6 Å². The van der Waals surface area contributed by atoms with Crippen LogP contribution in [0, 0.1) is 71.5 Å². The molecule has 0 N–H and O–H groups in total. The number of methoxy groups -OCH3 is 1. The molecule has 0 aromatic heterocycles. The van der Waals surface area contributed by atoms with Crippen LogP contribution in [0.15, 0.2) is 72.8 Å². The van der Waals surface area contributed by atoms with Gasteiger partial charge >= 0.3 is 36.9 Å². The van der Waals surface area contributed by atoms with Crippen LogP contribution in [0.5, 0.6) is 5.75 Å². The van der Waals surface area contributed by atoms with Gasteiger partial charge in [-0.2, -0.15) is 53.9 Å². The van der Waals surface area contributed by atoms with Crippen LogP contribution < -0.4 is 24.9 Å². The second-order valence-corrected chi connectivity index (χ2v) is 18.3. The molecular weight excluding hydrogens is 740 g/mol. The van der Waals surface area contributed by atoms with E-state index in [1.807, 2.05) is 71.7 Å². The summed E-state index contributed by atoms with van der Waals surface area (Å²) in [6.07, 6.45) is 0. The maximum Gasteiger partial charge on any atom is 3.00 e. The second kappa shape index (κ2) is 18.2. The molecule has 0 heterocycles. The van der Waals surface area contributed by atoms with Gasteiger partial charge in [0.25, 0.3) is 0 Å². The zero-order valence-electron chi connectivity index (χ0n) is 30.8. The van der Waals surface area contributed by atoms with Gasteiger partial charge in [-0.3, -0.25) is 0 Å². The van der Waals surface area contributed by atoms with E-state index in [2.05, 4.69) is 115 Å². The van der Waals surface area contributed by atoms with Gasteiger partial charge < -0.3 is 14.5 Å². The fourth-order valence-corrected chi connectivity index (χ4v) is 11.1. The van der Waals surface area contributed by atoms with E-state index >= 15 is 0 Å². The molecular formula is C41H59LuN2OSi. The summed E-state index contributed by atoms with van der Waals surface area (Å²) in [5.74, 6) is 1.13. The van der Waals surface area contributed by atoms with Gasteiger partial charge in [0.05, 0.1) is 15.2 Å². The van der Waals surface area contributed by atoms with E-state index in [9.17, 15) is 0 Å². The monoisotopic (exact) mass is 798 g/mol. The molecule has 0 aliphatic rings. The molecule has 0 atom stereocenters. The van der Waals surface area contributed by atoms with Gasteiger partial charge in [0.15, 0.2) is 0 Å². The predicted octanol–water partition coefficient (Wildman–Crippen LogP) is 9.11. The number of benzene rings is 3. The zero-order chi connectivity index (χ0) is 34.1. The van der Waals surface area contributed by atoms with E-state index in [0.717, 1.165) is 16.9 Å². The first-order chi connectivity index (χ1) is 21.0. The molecule has 0 fully saturated rings. The Kier molecular flexibility index (Phi) is 16.5. The molecule has 0 aliphatic carbocycles. The third-order valence-electron chi connectivity index (χ3n) is 8.67. The Morgan fingerprint density at radius 1 is 0.739 bits per heavy atom. The topological polar surface area (TPSA) is 15.7 Å². The van der Waals surface area contributed by atoms with E-state index < -0.39 is 8.07 Å². The van der Waals surface area contributed by atoms with Gasteiger partial charge in [0.2, 0.25) is 0 Å². The minimum Gasteiger partial charge on any atom is -0.497 e. The van der Waals surface area contributed by atoms with Crippen LogP contribution in [0.1, 0.15) is 68.0 Å². The second-order valence-electron chi connectivity index (χ2n) is 13.6. The van der Waals surface area contributed by atoms with Crippen molar-refractivity contribution in [2.45, 2.75) is 72.9 Å². The number of rotatable bonds is 7. The third kappa shape index (κ3) is 10.3. The van der Waals surface area contributed by atoms with Gasteiger partial charge in [-0.1, -0.05) is 114 Å². The summed E-state index contributed by atoms with van der Waals surface area (Å²) in [5, 5.41) is 3.08. The van der Waals surface area contributed by atoms with Crippen LogP contribution in [0.2, 0.25) is 12.1 Å². The van der Waals surface area contributed by atoms with Crippen molar-refractivity contribution in [1.29, 1.82) is 0 Å². The van der Waals surface area contributed by atoms with Gasteiger partial charge in [-0.25, -0.2) is 11.6 Å². The third-order valence-corrected chi connectivity index (χ3v) is 14.1. The summed E-state index contributed by atoms with van der Waals surface area (Å²) < 4.78 is 6.07. The quantitative estimate of drug-likeness (QED) is 0.137. The number of nitrogens with zero attached hydrogens (tertiary/aromatic N) is 2. The summed E-state index contributed by atoms with van der Waals surface area (Å²) in [4.78, 5) is 4.12. The average Bonchev–Trinajstić information content (AvgIpc) is 3.32. The van der Waals surface area contributed by atoms with Crippen molar-refractivity contribution in [2.24, 2.45) is 0 Å². The Bertz CT molecular complexity index is 1460. The first-order valence-electron chi connectivity index (χ1n) is 16.1. The average molecular weight is 799 g/mol. The van der Waals surface area contributed by atoms with Crippen LogP contribution in [0.4, 0.5) is 11.4 Å². The number of hydrogen-bond donors (Lipinski definition) is 0. The van der Waals surface area contributed by atoms with Crippen LogP contribution in [0.25, 0.3) is 0 Å². The Morgan fingerprint density at radius 2 is 1.20 bits per heavy atom. The first kappa shape index (κ1) is 41.6. The van der Waals surface area contributed by atoms with Crippen LogP contribution in [0.3, 0.4) is 0 Å². The van der Waals surface area contributed by atoms with Crippen molar-refractivity contribution >= 4 is 29.8 Å². The molecule has 0 aliphatic heterocycles. The minimum absolute atomic E-state index is 0. The molecule has 3 nitrogen and oxygen atoms in total. The summed E-state index contributed by atoms with van der Waals surface area (Å²) >= 11 is 0. The number of hydrogen-bond acceptors (Lipinski definition) is 3. The molecule has 0 radical (unpaired) electrons. The zero-order valence-corrected chi connectivity index (χ0v) is 33.5. The molecule has 0 spiro atoms. The predicted molar refractivity (Wildman–Crippen MR) is 204 cm³/mol. The van der Waals surface area contributed by atoms with E-state index in [0.29, 0.717) is 0 Å². The smallest absolute Gasteiger partial charge is 0.497 e. The standard InChI is InChI=1S/C23H35OSi.2C9H12N.Lu/c1-10-25(11-2,20-14-16(3)12-18(20)5)21-15-17(4)13-19(22(21)24-9)23(6,7)8;2*1-8-6-4-5-7-9(8)10(2)3;/h12-15H,10-11H2,1-9H3;2*4-7H,1H2,2-3H3;/q3*-1;+3. The summed E-state index contributed by atoms with van der Waals surface area (Å²) in [7, 11) is 8.06. The number of ether oxygens (including phenoxy) is 1. The molecule has 5 heteroatoms. The van der Waals surface area contributed by atoms with Gasteiger partial charge in [0, 0.05) is 0 Å². The molecule has 0 unspecified atom stereocenters. The van der Waals surface area contributed by atoms with Gasteiger partial charge in [-0.05, 0) is 51.3 Å². The molecule has 0 amide bonds. The fraction of sp³-hybridized carbons (Fsp3) is 0.390. The number of para-hydroxylation sites is 2. The molecule has 0 saturated heterocycles. The van der Waals surface area contributed by atoms with Gasteiger partial charge in [-0.15, -0.1) is 12.1 Å². The molecule has 4 aromatic rings. The van der Waals surface area contributed by atoms with E-state index in [1.165, 1.54) is 50.9 Å². The molecule has 0 saturated carbocycles. The Hall–Kier alpha value is -2.40. The maximum atomic E-state index is 6.07. The molecule has 46 heavy (non-hydrogen) atoms. The van der Waals surface area contributed by atoms with Crippen molar-refractivity contribution in [3.05, 3.63) is 120 Å². The Balaban J connectivity index is 0.000000413. The minimum atomic E-state index is -1.85.